The van der Waals surface area contributed by atoms with Gasteiger partial charge in [-0.1, -0.05) is 96.8 Å². The maximum absolute atomic E-state index is 12.3. The summed E-state index contributed by atoms with van der Waals surface area (Å²) in [6, 6.07) is 44.9. The van der Waals surface area contributed by atoms with Crippen LogP contribution in [-0.2, 0) is 16.3 Å². The lowest BCUT2D eigenvalue weighted by atomic mass is 10.0. The highest BCUT2D eigenvalue weighted by atomic mass is 32.2. The summed E-state index contributed by atoms with van der Waals surface area (Å²) in [6.45, 7) is 0. The zero-order valence-corrected chi connectivity index (χ0v) is 28.9. The minimum atomic E-state index is -3.30. The molecule has 9 rings (SSSR count). The fraction of sp³-hybridized carbons (Fsp3) is 0.0513. The molecule has 0 aliphatic carbocycles. The van der Waals surface area contributed by atoms with E-state index >= 15 is 0 Å². The van der Waals surface area contributed by atoms with E-state index in [0.29, 0.717) is 16.2 Å². The zero-order valence-electron chi connectivity index (χ0n) is 26.9. The number of nitrogens with two attached hydrogens (primary N) is 1. The Bertz CT molecular complexity index is 2310. The summed E-state index contributed by atoms with van der Waals surface area (Å²) in [6.07, 6.45) is 6.17. The fourth-order valence-electron chi connectivity index (χ4n) is 5.58. The van der Waals surface area contributed by atoms with Gasteiger partial charge in [-0.25, -0.2) is 13.4 Å². The van der Waals surface area contributed by atoms with Gasteiger partial charge in [-0.2, -0.15) is 0 Å². The second-order valence-corrected chi connectivity index (χ2v) is 13.4. The molecule has 0 amide bonds. The Balaban J connectivity index is 0.000000137. The minimum Gasteiger partial charge on any atom is -0.420 e. The van der Waals surface area contributed by atoms with E-state index in [9.17, 15) is 8.42 Å². The van der Waals surface area contributed by atoms with Gasteiger partial charge in [0, 0.05) is 35.3 Å². The first-order valence-corrected chi connectivity index (χ1v) is 18.8. The van der Waals surface area contributed by atoms with Gasteiger partial charge >= 0.3 is 15.4 Å². The van der Waals surface area contributed by atoms with Gasteiger partial charge in [0.25, 0.3) is 0 Å². The van der Waals surface area contributed by atoms with Gasteiger partial charge in [0.2, 0.25) is 9.84 Å². The molecule has 4 N–H and O–H groups in total. The molecule has 8 nitrogen and oxygen atoms in total. The molecule has 1 aliphatic rings. The SMILES string of the molecule is O.O=S1(=O)c2ccccc2Cc2ccccc21.[CH3][Al][NH2].c1ccc(-n2cnc3ccccc32)cc1.c1cnc2c(c1)ccc1cccnc12. The maximum atomic E-state index is 12.3. The van der Waals surface area contributed by atoms with Crippen LogP contribution in [0.25, 0.3) is 38.5 Å². The van der Waals surface area contributed by atoms with Crippen molar-refractivity contribution in [2.24, 2.45) is 4.72 Å². The summed E-state index contributed by atoms with van der Waals surface area (Å²) in [5.41, 5.74) is 7.05. The molecule has 0 fully saturated rings. The van der Waals surface area contributed by atoms with Crippen LogP contribution in [0.3, 0.4) is 0 Å². The molecule has 0 saturated heterocycles. The van der Waals surface area contributed by atoms with Crippen molar-refractivity contribution in [3.05, 3.63) is 169 Å². The molecule has 5 aromatic carbocycles. The largest absolute Gasteiger partial charge is 0.420 e. The number of nitrogens with zero attached hydrogens (tertiary/aromatic N) is 4. The molecule has 10 heteroatoms. The summed E-state index contributed by atoms with van der Waals surface area (Å²) in [5, 5.41) is 2.28. The highest BCUT2D eigenvalue weighted by Crippen LogP contribution is 2.33. The summed E-state index contributed by atoms with van der Waals surface area (Å²) in [7, 11) is -3.30. The fourth-order valence-corrected chi connectivity index (χ4v) is 7.30. The number of benzene rings is 5. The van der Waals surface area contributed by atoms with Gasteiger partial charge in [-0.05, 0) is 59.7 Å². The van der Waals surface area contributed by atoms with Crippen LogP contribution in [-0.4, -0.2) is 48.9 Å². The van der Waals surface area contributed by atoms with E-state index in [4.69, 9.17) is 4.72 Å². The van der Waals surface area contributed by atoms with Gasteiger partial charge in [-0.15, -0.1) is 0 Å². The first kappa shape index (κ1) is 35.1. The number of hydrogen-bond donors (Lipinski definition) is 1. The molecule has 0 unspecified atom stereocenters. The molecule has 1 radical (unpaired) electrons. The van der Waals surface area contributed by atoms with E-state index in [-0.39, 0.29) is 20.9 Å². The average Bonchev–Trinajstić information content (AvgIpc) is 3.57. The van der Waals surface area contributed by atoms with Crippen molar-refractivity contribution in [2.75, 3.05) is 0 Å². The quantitative estimate of drug-likeness (QED) is 0.146. The molecular weight excluding hydrogens is 646 g/mol. The van der Waals surface area contributed by atoms with Gasteiger partial charge < -0.3 is 10.2 Å². The number of imidazole rings is 1. The van der Waals surface area contributed by atoms with Crippen LogP contribution in [0.2, 0.25) is 5.79 Å². The van der Waals surface area contributed by atoms with Crippen molar-refractivity contribution in [1.29, 1.82) is 0 Å². The van der Waals surface area contributed by atoms with Gasteiger partial charge in [0.15, 0.2) is 0 Å². The molecule has 8 aromatic rings. The topological polar surface area (TPSA) is 135 Å². The lowest BCUT2D eigenvalue weighted by molar-refractivity contribution is 0.591. The predicted octanol–water partition coefficient (Wildman–Crippen LogP) is 7.02. The molecule has 1 aliphatic heterocycles. The van der Waals surface area contributed by atoms with Crippen LogP contribution in [0, 0.1) is 0 Å². The van der Waals surface area contributed by atoms with Crippen molar-refractivity contribution >= 4 is 58.1 Å². The zero-order chi connectivity index (χ0) is 33.3. The molecule has 0 atom stereocenters. The number of para-hydroxylation sites is 3. The lowest BCUT2D eigenvalue weighted by Gasteiger charge is -2.19. The molecule has 3 aromatic heterocycles. The normalized spacial score (nSPS) is 12.0. The van der Waals surface area contributed by atoms with E-state index in [1.54, 1.807) is 36.7 Å². The van der Waals surface area contributed by atoms with Crippen LogP contribution in [0.4, 0.5) is 0 Å². The Labute approximate surface area is 292 Å². The predicted molar refractivity (Wildman–Crippen MR) is 199 cm³/mol. The van der Waals surface area contributed by atoms with Crippen molar-refractivity contribution in [3.63, 3.8) is 0 Å². The lowest BCUT2D eigenvalue weighted by Crippen LogP contribution is -2.14. The molecule has 243 valence electrons. The Morgan fingerprint density at radius 3 is 1.67 bits per heavy atom. The van der Waals surface area contributed by atoms with Crippen LogP contribution in [0.5, 0.6) is 0 Å². The molecule has 0 saturated carbocycles. The number of aromatic nitrogens is 4. The Kier molecular flexibility index (Phi) is 11.7. The number of sulfone groups is 1. The van der Waals surface area contributed by atoms with E-state index in [2.05, 4.69) is 62.0 Å². The third-order valence-electron chi connectivity index (χ3n) is 7.74. The molecule has 0 bridgehead atoms. The second-order valence-electron chi connectivity index (χ2n) is 10.9. The van der Waals surface area contributed by atoms with E-state index in [1.165, 1.54) is 0 Å². The standard InChI is InChI=1S/C13H10N2.C13H10O2S.C12H8N2.CH3.Al.H2N.H2O/c1-2-6-11(7-3-1)15-10-14-12-8-4-5-9-13(12)15;14-16(15)12-7-3-1-5-10(12)9-11-6-2-4-8-13(11)16;1-3-9-5-6-10-4-2-8-14-12(10)11(9)13-7-1;;;;/h1-10H;1-8H,9H2;1-8H;1H3;;2*1H2/q;;;;+1;-1;. The van der Waals surface area contributed by atoms with E-state index < -0.39 is 9.84 Å². The number of pyridine rings is 2. The molecule has 4 heterocycles. The van der Waals surface area contributed by atoms with Crippen molar-refractivity contribution < 1.29 is 13.9 Å². The van der Waals surface area contributed by atoms with E-state index in [1.807, 2.05) is 84.9 Å². The highest BCUT2D eigenvalue weighted by molar-refractivity contribution is 7.91. The highest BCUT2D eigenvalue weighted by Gasteiger charge is 2.28. The molecular formula is C39H35AlN5O3S. The number of rotatable bonds is 1. The minimum absolute atomic E-state index is 0. The third-order valence-corrected chi connectivity index (χ3v) is 9.69. The van der Waals surface area contributed by atoms with Crippen molar-refractivity contribution in [3.8, 4) is 5.69 Å². The summed E-state index contributed by atoms with van der Waals surface area (Å²) in [4.78, 5) is 14.0. The van der Waals surface area contributed by atoms with E-state index in [0.717, 1.165) is 49.7 Å². The molecule has 49 heavy (non-hydrogen) atoms. The Hall–Kier alpha value is -5.21. The molecule has 0 spiro atoms. The average molecular weight is 681 g/mol. The number of hydrogen-bond acceptors (Lipinski definition) is 6. The van der Waals surface area contributed by atoms with Crippen molar-refractivity contribution in [2.45, 2.75) is 22.0 Å². The first-order chi connectivity index (χ1) is 23.5. The van der Waals surface area contributed by atoms with Crippen LogP contribution >= 0.6 is 0 Å². The van der Waals surface area contributed by atoms with Crippen LogP contribution < -0.4 is 4.72 Å². The second kappa shape index (κ2) is 16.3. The maximum Gasteiger partial charge on any atom is 0.313 e. The number of fused-ring (bicyclic) bond motifs is 6. The smallest absolute Gasteiger partial charge is 0.313 e. The Morgan fingerprint density at radius 1 is 0.612 bits per heavy atom. The van der Waals surface area contributed by atoms with Crippen LogP contribution in [0.15, 0.2) is 168 Å². The third kappa shape index (κ3) is 7.76. The summed E-state index contributed by atoms with van der Waals surface area (Å²) >= 11 is 0.250. The van der Waals surface area contributed by atoms with Gasteiger partial charge in [0.05, 0.1) is 31.9 Å². The summed E-state index contributed by atoms with van der Waals surface area (Å²) in [5.74, 6) is 1.99. The van der Waals surface area contributed by atoms with Crippen LogP contribution in [0.1, 0.15) is 11.1 Å². The monoisotopic (exact) mass is 680 g/mol. The first-order valence-electron chi connectivity index (χ1n) is 15.5. The Morgan fingerprint density at radius 2 is 1.10 bits per heavy atom. The van der Waals surface area contributed by atoms with Crippen molar-refractivity contribution in [1.82, 2.24) is 19.5 Å². The van der Waals surface area contributed by atoms with Gasteiger partial charge in [-0.3, -0.25) is 14.5 Å². The summed E-state index contributed by atoms with van der Waals surface area (Å²) < 4.78 is 31.6. The van der Waals surface area contributed by atoms with Gasteiger partial charge in [0.1, 0.15) is 6.33 Å².